The molecule has 0 spiro atoms. The fourth-order valence-corrected chi connectivity index (χ4v) is 3.87. The van der Waals surface area contributed by atoms with Crippen LogP contribution in [0.15, 0.2) is 72.8 Å². The third kappa shape index (κ3) is 3.85. The maximum atomic E-state index is 13.9. The number of carbonyl (C=O) groups excluding carboxylic acids is 2. The van der Waals surface area contributed by atoms with E-state index in [0.29, 0.717) is 34.2 Å². The summed E-state index contributed by atoms with van der Waals surface area (Å²) < 4.78 is 16.0. The topological polar surface area (TPSA) is 68.3 Å². The van der Waals surface area contributed by atoms with E-state index >= 15 is 0 Å². The molecule has 164 valence electrons. The van der Waals surface area contributed by atoms with Gasteiger partial charge in [-0.3, -0.25) is 19.4 Å². The van der Waals surface area contributed by atoms with Gasteiger partial charge in [0.05, 0.1) is 27.0 Å². The Bertz CT molecular complexity index is 1110. The van der Waals surface area contributed by atoms with E-state index in [0.717, 1.165) is 0 Å². The van der Waals surface area contributed by atoms with Gasteiger partial charge in [-0.15, -0.1) is 0 Å². The predicted molar refractivity (Wildman–Crippen MR) is 122 cm³/mol. The lowest BCUT2D eigenvalue weighted by Gasteiger charge is -2.40. The van der Waals surface area contributed by atoms with Crippen LogP contribution in [0.5, 0.6) is 17.2 Å². The van der Waals surface area contributed by atoms with E-state index in [1.165, 1.54) is 12.0 Å². The maximum Gasteiger partial charge on any atom is 0.255 e. The maximum absolute atomic E-state index is 13.9. The molecule has 7 nitrogen and oxygen atoms in total. The van der Waals surface area contributed by atoms with Crippen molar-refractivity contribution in [3.63, 3.8) is 0 Å². The number of hydrogen-bond donors (Lipinski definition) is 0. The number of benzene rings is 3. The summed E-state index contributed by atoms with van der Waals surface area (Å²) in [6.07, 6.45) is 0. The fourth-order valence-electron chi connectivity index (χ4n) is 3.87. The highest BCUT2D eigenvalue weighted by molar-refractivity contribution is 6.15. The molecule has 0 aromatic heterocycles. The van der Waals surface area contributed by atoms with Crippen molar-refractivity contribution < 1.29 is 23.8 Å². The second-order valence-electron chi connectivity index (χ2n) is 7.24. The average Bonchev–Trinajstić information content (AvgIpc) is 2.85. The molecule has 0 bridgehead atoms. The Morgan fingerprint density at radius 1 is 0.781 bits per heavy atom. The standard InChI is InChI=1S/C25H24N2O5/c1-30-19-11-9-18(10-12-19)27-23(28)16-26(21-15-20(31-2)13-14-22(21)32-3)25(29)24(27)17-7-5-4-6-8-17/h4-15,24H,16H2,1-3H3/t24-/m0/s1. The van der Waals surface area contributed by atoms with Crippen LogP contribution in [0.1, 0.15) is 11.6 Å². The molecule has 3 aromatic rings. The molecule has 32 heavy (non-hydrogen) atoms. The summed E-state index contributed by atoms with van der Waals surface area (Å²) in [5.74, 6) is 1.27. The number of rotatable bonds is 6. The van der Waals surface area contributed by atoms with Gasteiger partial charge in [-0.25, -0.2) is 0 Å². The van der Waals surface area contributed by atoms with Crippen molar-refractivity contribution in [2.75, 3.05) is 37.7 Å². The second-order valence-corrected chi connectivity index (χ2v) is 7.24. The number of ether oxygens (including phenoxy) is 3. The zero-order chi connectivity index (χ0) is 22.7. The van der Waals surface area contributed by atoms with Gasteiger partial charge in [0.2, 0.25) is 5.91 Å². The molecule has 0 saturated carbocycles. The number of hydrogen-bond acceptors (Lipinski definition) is 5. The molecule has 0 aliphatic carbocycles. The van der Waals surface area contributed by atoms with Crippen LogP contribution < -0.4 is 24.0 Å². The Hall–Kier alpha value is -4.00. The second kappa shape index (κ2) is 9.01. The summed E-state index contributed by atoms with van der Waals surface area (Å²) >= 11 is 0. The van der Waals surface area contributed by atoms with Crippen molar-refractivity contribution in [1.29, 1.82) is 0 Å². The Balaban J connectivity index is 1.81. The van der Waals surface area contributed by atoms with Gasteiger partial charge < -0.3 is 14.2 Å². The molecule has 7 heteroatoms. The van der Waals surface area contributed by atoms with Crippen LogP contribution >= 0.6 is 0 Å². The molecule has 1 heterocycles. The van der Waals surface area contributed by atoms with Crippen LogP contribution in [0.25, 0.3) is 0 Å². The number of nitrogens with zero attached hydrogens (tertiary/aromatic N) is 2. The van der Waals surface area contributed by atoms with Crippen molar-refractivity contribution in [2.45, 2.75) is 6.04 Å². The van der Waals surface area contributed by atoms with Crippen molar-refractivity contribution in [1.82, 2.24) is 0 Å². The molecule has 3 aromatic carbocycles. The lowest BCUT2D eigenvalue weighted by Crippen LogP contribution is -2.56. The van der Waals surface area contributed by atoms with E-state index in [9.17, 15) is 9.59 Å². The zero-order valence-corrected chi connectivity index (χ0v) is 18.1. The Kier molecular flexibility index (Phi) is 5.98. The minimum absolute atomic E-state index is 0.127. The first-order valence-electron chi connectivity index (χ1n) is 10.1. The normalized spacial score (nSPS) is 16.2. The summed E-state index contributed by atoms with van der Waals surface area (Å²) in [6, 6.07) is 20.7. The molecular weight excluding hydrogens is 408 g/mol. The quantitative estimate of drug-likeness (QED) is 0.592. The van der Waals surface area contributed by atoms with Gasteiger partial charge >= 0.3 is 0 Å². The SMILES string of the molecule is COc1ccc(N2C(=O)CN(c3cc(OC)ccc3OC)C(=O)[C@@H]2c2ccccc2)cc1. The minimum Gasteiger partial charge on any atom is -0.497 e. The van der Waals surface area contributed by atoms with E-state index in [2.05, 4.69) is 0 Å². The van der Waals surface area contributed by atoms with Crippen LogP contribution in [0.2, 0.25) is 0 Å². The summed E-state index contributed by atoms with van der Waals surface area (Å²) in [7, 11) is 4.66. The number of amides is 2. The van der Waals surface area contributed by atoms with Gasteiger partial charge in [-0.05, 0) is 42.0 Å². The van der Waals surface area contributed by atoms with Gasteiger partial charge in [0.15, 0.2) is 0 Å². The van der Waals surface area contributed by atoms with Crippen molar-refractivity contribution >= 4 is 23.2 Å². The van der Waals surface area contributed by atoms with E-state index < -0.39 is 6.04 Å². The fraction of sp³-hybridized carbons (Fsp3) is 0.200. The molecule has 0 N–H and O–H groups in total. The summed E-state index contributed by atoms with van der Waals surface area (Å²) in [6.45, 7) is -0.127. The molecule has 0 radical (unpaired) electrons. The van der Waals surface area contributed by atoms with E-state index in [-0.39, 0.29) is 18.4 Å². The van der Waals surface area contributed by atoms with Crippen LogP contribution in [0.3, 0.4) is 0 Å². The van der Waals surface area contributed by atoms with Gasteiger partial charge in [0.25, 0.3) is 5.91 Å². The first-order chi connectivity index (χ1) is 15.6. The highest BCUT2D eigenvalue weighted by Crippen LogP contribution is 2.39. The highest BCUT2D eigenvalue weighted by Gasteiger charge is 2.42. The van der Waals surface area contributed by atoms with Crippen LogP contribution in [0.4, 0.5) is 11.4 Å². The van der Waals surface area contributed by atoms with Gasteiger partial charge in [0, 0.05) is 11.8 Å². The molecule has 1 aliphatic rings. The molecule has 1 fully saturated rings. The van der Waals surface area contributed by atoms with E-state index in [1.54, 1.807) is 61.6 Å². The number of piperazine rings is 1. The molecule has 4 rings (SSSR count). The monoisotopic (exact) mass is 432 g/mol. The third-order valence-electron chi connectivity index (χ3n) is 5.46. The first kappa shape index (κ1) is 21.2. The highest BCUT2D eigenvalue weighted by atomic mass is 16.5. The molecule has 1 aliphatic heterocycles. The van der Waals surface area contributed by atoms with E-state index in [4.69, 9.17) is 14.2 Å². The largest absolute Gasteiger partial charge is 0.497 e. The predicted octanol–water partition coefficient (Wildman–Crippen LogP) is 3.83. The molecule has 2 amide bonds. The smallest absolute Gasteiger partial charge is 0.255 e. The molecule has 0 unspecified atom stereocenters. The zero-order valence-electron chi connectivity index (χ0n) is 18.1. The van der Waals surface area contributed by atoms with Crippen LogP contribution in [0, 0.1) is 0 Å². The van der Waals surface area contributed by atoms with Crippen LogP contribution in [-0.4, -0.2) is 39.7 Å². The molecular formula is C25H24N2O5. The lowest BCUT2D eigenvalue weighted by atomic mass is 9.99. The number of anilines is 2. The summed E-state index contributed by atoms with van der Waals surface area (Å²) in [5.41, 5.74) is 1.82. The van der Waals surface area contributed by atoms with Crippen LogP contribution in [-0.2, 0) is 9.59 Å². The molecule has 1 saturated heterocycles. The summed E-state index contributed by atoms with van der Waals surface area (Å²) in [5, 5.41) is 0. The number of carbonyl (C=O) groups is 2. The summed E-state index contributed by atoms with van der Waals surface area (Å²) in [4.78, 5) is 30.3. The average molecular weight is 432 g/mol. The lowest BCUT2D eigenvalue weighted by molar-refractivity contribution is -0.128. The first-order valence-corrected chi connectivity index (χ1v) is 10.1. The van der Waals surface area contributed by atoms with Gasteiger partial charge in [-0.2, -0.15) is 0 Å². The molecule has 1 atom stereocenters. The van der Waals surface area contributed by atoms with Crippen molar-refractivity contribution in [2.24, 2.45) is 0 Å². The third-order valence-corrected chi connectivity index (χ3v) is 5.46. The number of methoxy groups -OCH3 is 3. The Labute approximate surface area is 186 Å². The van der Waals surface area contributed by atoms with Gasteiger partial charge in [0.1, 0.15) is 29.8 Å². The Morgan fingerprint density at radius 3 is 2.06 bits per heavy atom. The van der Waals surface area contributed by atoms with Crippen molar-refractivity contribution in [3.05, 3.63) is 78.4 Å². The Morgan fingerprint density at radius 2 is 1.44 bits per heavy atom. The minimum atomic E-state index is -0.832. The van der Waals surface area contributed by atoms with E-state index in [1.807, 2.05) is 30.3 Å². The van der Waals surface area contributed by atoms with Gasteiger partial charge in [-0.1, -0.05) is 30.3 Å². The van der Waals surface area contributed by atoms with Crippen molar-refractivity contribution in [3.8, 4) is 17.2 Å².